The van der Waals surface area contributed by atoms with Crippen LogP contribution in [0.4, 0.5) is 27.6 Å². The average molecular weight is 621 g/mol. The highest BCUT2D eigenvalue weighted by atomic mass is 35.5. The van der Waals surface area contributed by atoms with E-state index < -0.39 is 46.2 Å². The monoisotopic (exact) mass is 620 g/mol. The number of carbonyl (C=O) groups is 2. The summed E-state index contributed by atoms with van der Waals surface area (Å²) in [5, 5.41) is 19.3. The Morgan fingerprint density at radius 3 is 2.55 bits per heavy atom. The number of hydrogen-bond acceptors (Lipinski definition) is 5. The van der Waals surface area contributed by atoms with Crippen LogP contribution in [0.3, 0.4) is 0 Å². The van der Waals surface area contributed by atoms with Crippen molar-refractivity contribution in [3.63, 3.8) is 0 Å². The molecule has 0 radical (unpaired) electrons. The van der Waals surface area contributed by atoms with Gasteiger partial charge in [0, 0.05) is 33.0 Å². The first-order chi connectivity index (χ1) is 20.8. The number of aromatic nitrogens is 3. The van der Waals surface area contributed by atoms with Gasteiger partial charge in [-0.25, -0.2) is 18.3 Å². The van der Waals surface area contributed by atoms with Gasteiger partial charge in [0.05, 0.1) is 11.0 Å². The second-order valence-corrected chi connectivity index (χ2v) is 10.5. The molecule has 8 nitrogen and oxygen atoms in total. The Morgan fingerprint density at radius 2 is 1.82 bits per heavy atom. The Labute approximate surface area is 250 Å². The zero-order valence-corrected chi connectivity index (χ0v) is 23.0. The highest BCUT2D eigenvalue weighted by molar-refractivity contribution is 6.34. The molecule has 0 saturated carbocycles. The second-order valence-electron chi connectivity index (χ2n) is 10.1. The molecule has 0 fully saturated rings. The molecule has 1 unspecified atom stereocenters. The summed E-state index contributed by atoms with van der Waals surface area (Å²) >= 11 is 6.42. The molecule has 0 aliphatic carbocycles. The highest BCUT2D eigenvalue weighted by Gasteiger charge is 2.44. The first kappa shape index (κ1) is 28.8. The third kappa shape index (κ3) is 4.71. The molecule has 1 atom stereocenters. The summed E-state index contributed by atoms with van der Waals surface area (Å²) < 4.78 is 70.1. The molecule has 5 aromatic rings. The van der Waals surface area contributed by atoms with E-state index in [-0.39, 0.29) is 50.3 Å². The normalized spacial score (nSPS) is 16.0. The predicted molar refractivity (Wildman–Crippen MR) is 151 cm³/mol. The Balaban J connectivity index is 1.58. The third-order valence-electron chi connectivity index (χ3n) is 7.31. The van der Waals surface area contributed by atoms with Crippen molar-refractivity contribution >= 4 is 42.6 Å². The van der Waals surface area contributed by atoms with Crippen molar-refractivity contribution in [1.29, 1.82) is 5.26 Å². The molecule has 2 amide bonds. The number of halogens is 6. The lowest BCUT2D eigenvalue weighted by atomic mass is 9.67. The fraction of sp³-hybridized carbons (Fsp3) is 0.0690. The Hall–Kier alpha value is -5.29. The van der Waals surface area contributed by atoms with Crippen LogP contribution in [0, 0.1) is 23.0 Å². The number of nitrogens with one attached hydrogen (secondary N) is 2. The van der Waals surface area contributed by atoms with Crippen molar-refractivity contribution in [2.75, 3.05) is 5.32 Å². The first-order valence-corrected chi connectivity index (χ1v) is 13.1. The number of nitrogens with zero attached hydrogens (tertiary/aromatic N) is 4. The molecule has 6 rings (SSSR count). The summed E-state index contributed by atoms with van der Waals surface area (Å²) in [5.74, 6) is -3.74. The lowest BCUT2D eigenvalue weighted by molar-refractivity contribution is -0.137. The van der Waals surface area contributed by atoms with E-state index in [1.54, 1.807) is 12.1 Å². The van der Waals surface area contributed by atoms with Gasteiger partial charge in [0.25, 0.3) is 11.8 Å². The van der Waals surface area contributed by atoms with E-state index in [0.29, 0.717) is 17.8 Å². The summed E-state index contributed by atoms with van der Waals surface area (Å²) in [6.45, 7) is 0. The van der Waals surface area contributed by atoms with E-state index in [9.17, 15) is 36.8 Å². The Bertz CT molecular complexity index is 2090. The summed E-state index contributed by atoms with van der Waals surface area (Å²) in [5.41, 5.74) is -2.52. The summed E-state index contributed by atoms with van der Waals surface area (Å²) in [6.07, 6.45) is -3.70. The lowest BCUT2D eigenvalue weighted by Gasteiger charge is -2.30. The number of fused-ring (bicyclic) bond motifs is 2. The van der Waals surface area contributed by atoms with Gasteiger partial charge in [0.15, 0.2) is 11.3 Å². The van der Waals surface area contributed by atoms with Crippen LogP contribution < -0.4 is 10.6 Å². The van der Waals surface area contributed by atoms with Crippen LogP contribution in [0.5, 0.6) is 0 Å². The maximum Gasteiger partial charge on any atom is 0.416 e. The SMILES string of the molecule is BC1(c2cc(F)ccc2Cl)NC(=O)c2cc(-c3ccc4ncnn4c3C#N)cc(NC(=O)c3cc(F)cc(C(F)(F)F)c3)c21. The van der Waals surface area contributed by atoms with E-state index in [1.807, 2.05) is 6.07 Å². The fourth-order valence-electron chi connectivity index (χ4n) is 5.36. The fourth-order valence-corrected chi connectivity index (χ4v) is 5.67. The van der Waals surface area contributed by atoms with Gasteiger partial charge >= 0.3 is 6.18 Å². The maximum atomic E-state index is 14.4. The van der Waals surface area contributed by atoms with Crippen LogP contribution in [-0.4, -0.2) is 34.3 Å². The number of carbonyl (C=O) groups excluding carboxylic acids is 2. The van der Waals surface area contributed by atoms with Crippen LogP contribution in [0.2, 0.25) is 5.02 Å². The molecule has 3 aromatic carbocycles. The molecular formula is C29H15BClF5N6O2. The predicted octanol–water partition coefficient (Wildman–Crippen LogP) is 5.05. The molecule has 0 saturated heterocycles. The van der Waals surface area contributed by atoms with Crippen molar-refractivity contribution in [3.05, 3.63) is 117 Å². The van der Waals surface area contributed by atoms with E-state index in [1.165, 1.54) is 36.9 Å². The van der Waals surface area contributed by atoms with E-state index >= 15 is 0 Å². The van der Waals surface area contributed by atoms with Gasteiger partial charge in [-0.2, -0.15) is 23.5 Å². The standard InChI is InChI=1S/C29H15BClF5N6O2/c30-28(20-10-16(32)1-3-21(20)31)25-19(27(44)41-28)7-13(18-2-4-24-38-12-39-42(24)23(18)11-37)8-22(25)40-26(43)14-5-15(29(34,35)36)9-17(33)6-14/h1-10,12H,30H2,(H,40,43)(H,41,44). The van der Waals surface area contributed by atoms with Crippen molar-refractivity contribution in [2.45, 2.75) is 11.6 Å². The van der Waals surface area contributed by atoms with Gasteiger partial charge < -0.3 is 10.6 Å². The van der Waals surface area contributed by atoms with Crippen molar-refractivity contribution in [1.82, 2.24) is 19.9 Å². The number of alkyl halides is 3. The van der Waals surface area contributed by atoms with Crippen molar-refractivity contribution in [2.24, 2.45) is 0 Å². The van der Waals surface area contributed by atoms with Crippen LogP contribution in [0.25, 0.3) is 16.8 Å². The number of amides is 2. The zero-order chi connectivity index (χ0) is 31.6. The number of nitriles is 1. The van der Waals surface area contributed by atoms with Gasteiger partial charge in [-0.1, -0.05) is 11.6 Å². The molecule has 1 aliphatic rings. The summed E-state index contributed by atoms with van der Waals surface area (Å²) in [7, 11) is 1.51. The quantitative estimate of drug-likeness (QED) is 0.216. The Morgan fingerprint density at radius 1 is 1.05 bits per heavy atom. The van der Waals surface area contributed by atoms with E-state index in [2.05, 4.69) is 20.7 Å². The molecule has 44 heavy (non-hydrogen) atoms. The minimum atomic E-state index is -4.94. The zero-order valence-electron chi connectivity index (χ0n) is 22.2. The molecular weight excluding hydrogens is 606 g/mol. The Kier molecular flexibility index (Phi) is 6.66. The molecule has 0 bridgehead atoms. The van der Waals surface area contributed by atoms with Gasteiger partial charge in [0.1, 0.15) is 31.9 Å². The minimum absolute atomic E-state index is 0.00146. The number of benzene rings is 3. The number of rotatable bonds is 4. The molecule has 15 heteroatoms. The second kappa shape index (κ2) is 10.2. The van der Waals surface area contributed by atoms with Gasteiger partial charge in [-0.05, 0) is 71.8 Å². The molecule has 3 heterocycles. The molecule has 2 aromatic heterocycles. The maximum absolute atomic E-state index is 14.4. The molecule has 0 spiro atoms. The van der Waals surface area contributed by atoms with Gasteiger partial charge in [0.2, 0.25) is 0 Å². The highest BCUT2D eigenvalue weighted by Crippen LogP contribution is 2.44. The lowest BCUT2D eigenvalue weighted by Crippen LogP contribution is -2.41. The number of hydrogen-bond donors (Lipinski definition) is 2. The van der Waals surface area contributed by atoms with Gasteiger partial charge in [-0.3, -0.25) is 9.59 Å². The van der Waals surface area contributed by atoms with Gasteiger partial charge in [-0.15, -0.1) is 0 Å². The van der Waals surface area contributed by atoms with Crippen LogP contribution in [-0.2, 0) is 11.6 Å². The largest absolute Gasteiger partial charge is 0.416 e. The van der Waals surface area contributed by atoms with E-state index in [4.69, 9.17) is 11.6 Å². The van der Waals surface area contributed by atoms with Crippen molar-refractivity contribution in [3.8, 4) is 17.2 Å². The minimum Gasteiger partial charge on any atom is -0.346 e. The molecule has 2 N–H and O–H groups in total. The summed E-state index contributed by atoms with van der Waals surface area (Å²) in [4.78, 5) is 30.9. The van der Waals surface area contributed by atoms with E-state index in [0.717, 1.165) is 12.1 Å². The molecule has 1 aliphatic heterocycles. The van der Waals surface area contributed by atoms with Crippen molar-refractivity contribution < 1.29 is 31.5 Å². The topological polar surface area (TPSA) is 112 Å². The number of pyridine rings is 1. The van der Waals surface area contributed by atoms with Crippen LogP contribution in [0.1, 0.15) is 43.1 Å². The third-order valence-corrected chi connectivity index (χ3v) is 7.64. The summed E-state index contributed by atoms with van der Waals surface area (Å²) in [6, 6.07) is 12.9. The van der Waals surface area contributed by atoms with Crippen LogP contribution >= 0.6 is 11.6 Å². The smallest absolute Gasteiger partial charge is 0.346 e. The average Bonchev–Trinajstić information content (AvgIpc) is 3.55. The molecule has 218 valence electrons. The first-order valence-electron chi connectivity index (χ1n) is 12.7. The number of anilines is 1. The van der Waals surface area contributed by atoms with Crippen LogP contribution in [0.15, 0.2) is 67.0 Å².